The third-order valence-corrected chi connectivity index (χ3v) is 5.33. The molecule has 3 aromatic rings. The highest BCUT2D eigenvalue weighted by atomic mass is 32.2. The van der Waals surface area contributed by atoms with Crippen molar-refractivity contribution in [2.75, 3.05) is 12.3 Å². The molecule has 0 N–H and O–H groups in total. The van der Waals surface area contributed by atoms with Crippen molar-refractivity contribution in [2.45, 2.75) is 19.1 Å². The molecule has 0 bridgehead atoms. The van der Waals surface area contributed by atoms with Crippen LogP contribution in [0.25, 0.3) is 11.4 Å². The summed E-state index contributed by atoms with van der Waals surface area (Å²) in [5.41, 5.74) is 4.13. The maximum absolute atomic E-state index is 12.4. The number of hydrogen-bond acceptors (Lipinski definition) is 6. The first kappa shape index (κ1) is 18.4. The van der Waals surface area contributed by atoms with Crippen LogP contribution in [-0.4, -0.2) is 39.1 Å². The van der Waals surface area contributed by atoms with Crippen molar-refractivity contribution in [3.8, 4) is 11.4 Å². The minimum absolute atomic E-state index is 0.00537. The van der Waals surface area contributed by atoms with E-state index in [1.807, 2.05) is 61.5 Å². The molecule has 1 aromatic heterocycles. The predicted octanol–water partition coefficient (Wildman–Crippen LogP) is 3.91. The van der Waals surface area contributed by atoms with E-state index in [1.165, 1.54) is 17.3 Å². The average Bonchev–Trinajstić information content (AvgIpc) is 3.39. The van der Waals surface area contributed by atoms with E-state index in [9.17, 15) is 4.79 Å². The molecule has 142 valence electrons. The molecule has 0 spiro atoms. The Hall–Kier alpha value is -2.93. The van der Waals surface area contributed by atoms with Crippen LogP contribution in [0.5, 0.6) is 0 Å². The molecule has 0 unspecified atom stereocenters. The predicted molar refractivity (Wildman–Crippen MR) is 110 cm³/mol. The van der Waals surface area contributed by atoms with Gasteiger partial charge < -0.3 is 4.52 Å². The lowest BCUT2D eigenvalue weighted by Crippen LogP contribution is -2.25. The summed E-state index contributed by atoms with van der Waals surface area (Å²) in [5.74, 6) is 1.90. The molecule has 0 saturated heterocycles. The fraction of sp³-hybridized carbons (Fsp3) is 0.238. The lowest BCUT2D eigenvalue weighted by Gasteiger charge is -2.10. The third-order valence-electron chi connectivity index (χ3n) is 4.43. The molecule has 1 aliphatic rings. The van der Waals surface area contributed by atoms with Gasteiger partial charge in [-0.15, -0.1) is 11.8 Å². The smallest absolute Gasteiger partial charge is 0.252 e. The summed E-state index contributed by atoms with van der Waals surface area (Å²) in [6.07, 6.45) is 0.782. The zero-order valence-electron chi connectivity index (χ0n) is 15.5. The summed E-state index contributed by atoms with van der Waals surface area (Å²) in [6, 6.07) is 17.9. The Balaban J connectivity index is 1.29. The summed E-state index contributed by atoms with van der Waals surface area (Å²) >= 11 is 1.45. The van der Waals surface area contributed by atoms with Crippen molar-refractivity contribution in [1.29, 1.82) is 0 Å². The maximum atomic E-state index is 12.4. The summed E-state index contributed by atoms with van der Waals surface area (Å²) < 4.78 is 5.30. The second-order valence-electron chi connectivity index (χ2n) is 6.55. The van der Waals surface area contributed by atoms with Crippen molar-refractivity contribution in [1.82, 2.24) is 15.1 Å². The summed E-state index contributed by atoms with van der Waals surface area (Å²) in [5, 5.41) is 10.0. The van der Waals surface area contributed by atoms with E-state index >= 15 is 0 Å². The van der Waals surface area contributed by atoms with Gasteiger partial charge in [0, 0.05) is 12.0 Å². The molecule has 1 aliphatic heterocycles. The number of hydrazone groups is 1. The summed E-state index contributed by atoms with van der Waals surface area (Å²) in [4.78, 5) is 16.8. The van der Waals surface area contributed by atoms with Gasteiger partial charge in [-0.05, 0) is 12.5 Å². The molecule has 1 amide bonds. The van der Waals surface area contributed by atoms with E-state index in [-0.39, 0.29) is 5.91 Å². The lowest BCUT2D eigenvalue weighted by atomic mass is 10.1. The molecule has 0 saturated carbocycles. The highest BCUT2D eigenvalue weighted by Crippen LogP contribution is 2.20. The van der Waals surface area contributed by atoms with Crippen LogP contribution in [-0.2, 0) is 10.5 Å². The molecular formula is C21H20N4O2S. The second-order valence-corrected chi connectivity index (χ2v) is 7.54. The molecule has 0 radical (unpaired) electrons. The number of carbonyl (C=O) groups excluding carboxylic acids is 1. The zero-order valence-corrected chi connectivity index (χ0v) is 16.4. The Morgan fingerprint density at radius 1 is 1.11 bits per heavy atom. The van der Waals surface area contributed by atoms with Gasteiger partial charge in [-0.3, -0.25) is 4.79 Å². The van der Waals surface area contributed by atoms with E-state index in [2.05, 4.69) is 15.2 Å². The van der Waals surface area contributed by atoms with Gasteiger partial charge in [-0.2, -0.15) is 10.1 Å². The summed E-state index contributed by atoms with van der Waals surface area (Å²) in [7, 11) is 0. The number of carbonyl (C=O) groups is 1. The van der Waals surface area contributed by atoms with Gasteiger partial charge in [-0.25, -0.2) is 5.01 Å². The van der Waals surface area contributed by atoms with Crippen LogP contribution in [0, 0.1) is 6.92 Å². The Labute approximate surface area is 167 Å². The standard InChI is InChI=1S/C21H20N4O2S/c1-15-7-9-17(10-8-15)21-22-19(27-24-21)13-28-14-20(26)25-12-11-18(23-25)16-5-3-2-4-6-16/h2-10H,11-14H2,1H3. The molecule has 7 heteroatoms. The molecule has 2 aromatic carbocycles. The largest absolute Gasteiger partial charge is 0.338 e. The van der Waals surface area contributed by atoms with E-state index in [0.29, 0.717) is 29.8 Å². The first-order valence-electron chi connectivity index (χ1n) is 9.10. The highest BCUT2D eigenvalue weighted by molar-refractivity contribution is 7.99. The van der Waals surface area contributed by atoms with Crippen molar-refractivity contribution in [3.63, 3.8) is 0 Å². The fourth-order valence-electron chi connectivity index (χ4n) is 2.90. The monoisotopic (exact) mass is 392 g/mol. The number of rotatable bonds is 6. The zero-order chi connectivity index (χ0) is 19.3. The van der Waals surface area contributed by atoms with Crippen LogP contribution in [0.2, 0.25) is 0 Å². The van der Waals surface area contributed by atoms with Crippen molar-refractivity contribution >= 4 is 23.4 Å². The third kappa shape index (κ3) is 4.31. The van der Waals surface area contributed by atoms with Gasteiger partial charge in [0.2, 0.25) is 11.7 Å². The van der Waals surface area contributed by atoms with Crippen LogP contribution in [0.1, 0.15) is 23.4 Å². The average molecular weight is 392 g/mol. The minimum Gasteiger partial charge on any atom is -0.338 e. The number of hydrogen-bond donors (Lipinski definition) is 0. The number of aromatic nitrogens is 2. The molecule has 28 heavy (non-hydrogen) atoms. The Kier molecular flexibility index (Phi) is 5.53. The molecule has 0 aliphatic carbocycles. The maximum Gasteiger partial charge on any atom is 0.252 e. The molecular weight excluding hydrogens is 372 g/mol. The molecule has 0 atom stereocenters. The van der Waals surface area contributed by atoms with E-state index in [0.717, 1.165) is 23.3 Å². The second kappa shape index (κ2) is 8.39. The van der Waals surface area contributed by atoms with Crippen molar-refractivity contribution in [2.24, 2.45) is 5.10 Å². The van der Waals surface area contributed by atoms with Gasteiger partial charge in [0.05, 0.1) is 23.8 Å². The van der Waals surface area contributed by atoms with Gasteiger partial charge in [0.25, 0.3) is 5.91 Å². The number of benzene rings is 2. The normalized spacial score (nSPS) is 13.6. The number of nitrogens with zero attached hydrogens (tertiary/aromatic N) is 4. The molecule has 4 rings (SSSR count). The van der Waals surface area contributed by atoms with E-state index in [4.69, 9.17) is 4.52 Å². The molecule has 6 nitrogen and oxygen atoms in total. The van der Waals surface area contributed by atoms with Gasteiger partial charge in [0.15, 0.2) is 0 Å². The number of thioether (sulfide) groups is 1. The van der Waals surface area contributed by atoms with E-state index < -0.39 is 0 Å². The first-order chi connectivity index (χ1) is 13.7. The Bertz CT molecular complexity index is 983. The minimum atomic E-state index is -0.00537. The van der Waals surface area contributed by atoms with Gasteiger partial charge in [0.1, 0.15) is 0 Å². The Morgan fingerprint density at radius 2 is 1.89 bits per heavy atom. The van der Waals surface area contributed by atoms with Crippen LogP contribution in [0.4, 0.5) is 0 Å². The summed E-state index contributed by atoms with van der Waals surface area (Å²) in [6.45, 7) is 2.66. The lowest BCUT2D eigenvalue weighted by molar-refractivity contribution is -0.127. The van der Waals surface area contributed by atoms with Crippen LogP contribution < -0.4 is 0 Å². The van der Waals surface area contributed by atoms with Gasteiger partial charge in [-0.1, -0.05) is 65.3 Å². The highest BCUT2D eigenvalue weighted by Gasteiger charge is 2.21. The SMILES string of the molecule is Cc1ccc(-c2noc(CSCC(=O)N3CCC(c4ccccc4)=N3)n2)cc1. The number of aryl methyl sites for hydroxylation is 1. The van der Waals surface area contributed by atoms with E-state index in [1.54, 1.807) is 5.01 Å². The quantitative estimate of drug-likeness (QED) is 0.636. The topological polar surface area (TPSA) is 71.6 Å². The van der Waals surface area contributed by atoms with Gasteiger partial charge >= 0.3 is 0 Å². The van der Waals surface area contributed by atoms with Crippen molar-refractivity contribution < 1.29 is 9.32 Å². The Morgan fingerprint density at radius 3 is 2.68 bits per heavy atom. The number of amides is 1. The first-order valence-corrected chi connectivity index (χ1v) is 10.2. The van der Waals surface area contributed by atoms with Crippen molar-refractivity contribution in [3.05, 3.63) is 71.6 Å². The van der Waals surface area contributed by atoms with Crippen LogP contribution in [0.3, 0.4) is 0 Å². The van der Waals surface area contributed by atoms with Crippen LogP contribution >= 0.6 is 11.8 Å². The molecule has 2 heterocycles. The van der Waals surface area contributed by atoms with Crippen LogP contribution in [0.15, 0.2) is 64.2 Å². The fourth-order valence-corrected chi connectivity index (χ4v) is 3.62. The molecule has 0 fully saturated rings.